The Balaban J connectivity index is 1.03. The zero-order valence-electron chi connectivity index (χ0n) is 54.3. The number of rotatable bonds is 4. The minimum Gasteiger partial charge on any atom is -0.454 e. The molecular formula is C86H74BN3O. The summed E-state index contributed by atoms with van der Waals surface area (Å²) in [6, 6.07) is 88.7. The molecule has 2 aliphatic heterocycles. The third-order valence-corrected chi connectivity index (χ3v) is 20.1. The molecule has 4 nitrogen and oxygen atoms in total. The van der Waals surface area contributed by atoms with Crippen LogP contribution in [0, 0.1) is 0 Å². The van der Waals surface area contributed by atoms with E-state index in [-0.39, 0.29) is 28.4 Å². The lowest BCUT2D eigenvalue weighted by molar-refractivity contribution is 0.568. The maximum absolute atomic E-state index is 6.93. The number of hydrogen-bond acceptors (Lipinski definition) is 3. The van der Waals surface area contributed by atoms with Crippen LogP contribution in [-0.4, -0.2) is 11.3 Å². The zero-order valence-corrected chi connectivity index (χ0v) is 54.3. The standard InChI is InChI=1S/C86H74BN3O/c1-83(2,3)61-45-62(84(4,5)6)48-66(47-61)88-75-41-58-36-53-24-18-16-22-51(53)34-56(58)39-72(75)87-73-40-57-35-52-23-17-19-25-54(52)37-59(57)42-76(73)89(67-49-63(85(7,8)9)46-64(50-67)86(10,11)12)78-44-60(43-77(88)80(78)87)55-30-33-74-71(38-55)69-31-32-70-68-28-20-21-29-79(68)91-82(70)81(69)90(74)65-26-14-13-15-27-65/h13-50H,1-12H3. The molecule has 13 aromatic carbocycles. The number of furan rings is 1. The van der Waals surface area contributed by atoms with Crippen LogP contribution in [0.4, 0.5) is 34.1 Å². The second-order valence-corrected chi connectivity index (χ2v) is 30.3. The highest BCUT2D eigenvalue weighted by molar-refractivity contribution is 7.00. The number of aromatic nitrogens is 1. The van der Waals surface area contributed by atoms with Crippen LogP contribution in [0.2, 0.25) is 0 Å². The molecular weight excluding hydrogens is 1100 g/mol. The summed E-state index contributed by atoms with van der Waals surface area (Å²) in [6.45, 7) is 28.2. The Morgan fingerprint density at radius 2 is 0.747 bits per heavy atom. The summed E-state index contributed by atoms with van der Waals surface area (Å²) >= 11 is 0. The third-order valence-electron chi connectivity index (χ3n) is 20.1. The fourth-order valence-electron chi connectivity index (χ4n) is 15.1. The zero-order chi connectivity index (χ0) is 62.4. The highest BCUT2D eigenvalue weighted by atomic mass is 16.3. The van der Waals surface area contributed by atoms with Gasteiger partial charge < -0.3 is 18.8 Å². The van der Waals surface area contributed by atoms with E-state index in [1.54, 1.807) is 0 Å². The molecule has 0 radical (unpaired) electrons. The number of nitrogens with zero attached hydrogens (tertiary/aromatic N) is 3. The van der Waals surface area contributed by atoms with Crippen molar-refractivity contribution in [2.45, 2.75) is 105 Å². The Bertz CT molecular complexity index is 5310. The molecule has 4 heterocycles. The quantitative estimate of drug-likeness (QED) is 0.130. The lowest BCUT2D eigenvalue weighted by Crippen LogP contribution is -2.61. The first-order valence-electron chi connectivity index (χ1n) is 32.6. The van der Waals surface area contributed by atoms with Crippen molar-refractivity contribution in [2.24, 2.45) is 0 Å². The molecule has 2 aliphatic rings. The summed E-state index contributed by atoms with van der Waals surface area (Å²) in [4.78, 5) is 5.35. The topological polar surface area (TPSA) is 24.6 Å². The fourth-order valence-corrected chi connectivity index (χ4v) is 15.1. The first kappa shape index (κ1) is 55.2. The van der Waals surface area contributed by atoms with Gasteiger partial charge in [0.1, 0.15) is 5.58 Å². The van der Waals surface area contributed by atoms with E-state index in [2.05, 4.69) is 328 Å². The normalized spacial score (nSPS) is 13.6. The molecule has 5 heteroatoms. The molecule has 442 valence electrons. The van der Waals surface area contributed by atoms with E-state index in [0.717, 1.165) is 55.2 Å². The van der Waals surface area contributed by atoms with Crippen molar-refractivity contribution in [1.29, 1.82) is 0 Å². The Morgan fingerprint density at radius 3 is 1.23 bits per heavy atom. The summed E-state index contributed by atoms with van der Waals surface area (Å²) in [5.74, 6) is 0. The minimum absolute atomic E-state index is 0.132. The van der Waals surface area contributed by atoms with Gasteiger partial charge in [0.2, 0.25) is 0 Å². The van der Waals surface area contributed by atoms with E-state index in [4.69, 9.17) is 4.42 Å². The van der Waals surface area contributed by atoms with E-state index in [1.165, 1.54) is 121 Å². The smallest absolute Gasteiger partial charge is 0.252 e. The second-order valence-electron chi connectivity index (χ2n) is 30.3. The van der Waals surface area contributed by atoms with Gasteiger partial charge in [-0.15, -0.1) is 0 Å². The summed E-state index contributed by atoms with van der Waals surface area (Å²) < 4.78 is 9.35. The van der Waals surface area contributed by atoms with E-state index < -0.39 is 0 Å². The SMILES string of the molecule is CC(C)(C)c1cc(N2c3cc4cc5ccccc5cc4cc3B3c4cc5cc6ccccc6cc5cc4N(c4cc(C(C)(C)C)cc(C(C)(C)C)c4)c4cc(-c5ccc6c(c5)c5ccc7c8ccccc8oc7c5n6-c5ccccc5)cc2c43)cc(C(C)(C)C)c1. The van der Waals surface area contributed by atoms with Gasteiger partial charge in [0.15, 0.2) is 5.58 Å². The molecule has 15 aromatic rings. The predicted octanol–water partition coefficient (Wildman–Crippen LogP) is 22.2. The average Bonchev–Trinajstić information content (AvgIpc) is 1.13. The van der Waals surface area contributed by atoms with Crippen LogP contribution in [0.5, 0.6) is 0 Å². The van der Waals surface area contributed by atoms with E-state index in [9.17, 15) is 0 Å². The largest absolute Gasteiger partial charge is 0.454 e. The summed E-state index contributed by atoms with van der Waals surface area (Å²) in [5, 5.41) is 14.4. The van der Waals surface area contributed by atoms with Gasteiger partial charge in [0.05, 0.1) is 11.0 Å². The highest BCUT2D eigenvalue weighted by Gasteiger charge is 2.45. The first-order chi connectivity index (χ1) is 43.6. The molecule has 0 aliphatic carbocycles. The van der Waals surface area contributed by atoms with Crippen LogP contribution >= 0.6 is 0 Å². The van der Waals surface area contributed by atoms with Crippen LogP contribution in [0.25, 0.3) is 104 Å². The van der Waals surface area contributed by atoms with Crippen molar-refractivity contribution in [3.63, 3.8) is 0 Å². The summed E-state index contributed by atoms with van der Waals surface area (Å²) in [5.41, 5.74) is 23.1. The van der Waals surface area contributed by atoms with Crippen molar-refractivity contribution in [3.05, 3.63) is 253 Å². The fraction of sp³-hybridized carbons (Fsp3) is 0.186. The van der Waals surface area contributed by atoms with Crippen molar-refractivity contribution in [2.75, 3.05) is 9.80 Å². The van der Waals surface area contributed by atoms with Gasteiger partial charge in [0.25, 0.3) is 6.71 Å². The molecule has 17 rings (SSSR count). The number of hydrogen-bond donors (Lipinski definition) is 0. The monoisotopic (exact) mass is 1180 g/mol. The first-order valence-corrected chi connectivity index (χ1v) is 32.6. The second kappa shape index (κ2) is 19.3. The number of para-hydroxylation sites is 2. The third kappa shape index (κ3) is 8.71. The maximum Gasteiger partial charge on any atom is 0.252 e. The minimum atomic E-state index is -0.137. The lowest BCUT2D eigenvalue weighted by atomic mass is 9.33. The van der Waals surface area contributed by atoms with E-state index in [1.807, 2.05) is 0 Å². The molecule has 0 amide bonds. The van der Waals surface area contributed by atoms with Gasteiger partial charge in [-0.1, -0.05) is 204 Å². The number of anilines is 6. The predicted molar refractivity (Wildman–Crippen MR) is 392 cm³/mol. The Labute approximate surface area is 534 Å². The van der Waals surface area contributed by atoms with E-state index in [0.29, 0.717) is 0 Å². The Morgan fingerprint density at radius 1 is 0.308 bits per heavy atom. The molecule has 0 fully saturated rings. The molecule has 91 heavy (non-hydrogen) atoms. The van der Waals surface area contributed by atoms with Gasteiger partial charge in [-0.2, -0.15) is 0 Å². The van der Waals surface area contributed by atoms with E-state index >= 15 is 0 Å². The summed E-state index contributed by atoms with van der Waals surface area (Å²) in [6.07, 6.45) is 0. The molecule has 0 N–H and O–H groups in total. The van der Waals surface area contributed by atoms with Gasteiger partial charge in [-0.3, -0.25) is 0 Å². The Hall–Kier alpha value is -9.84. The van der Waals surface area contributed by atoms with Gasteiger partial charge in [-0.05, 0) is 224 Å². The van der Waals surface area contributed by atoms with Crippen LogP contribution < -0.4 is 26.2 Å². The molecule has 0 atom stereocenters. The average molecular weight is 1180 g/mol. The summed E-state index contributed by atoms with van der Waals surface area (Å²) in [7, 11) is 0. The lowest BCUT2D eigenvalue weighted by Gasteiger charge is -2.45. The van der Waals surface area contributed by atoms with Gasteiger partial charge in [-0.25, -0.2) is 0 Å². The molecule has 2 aromatic heterocycles. The molecule has 0 saturated heterocycles. The van der Waals surface area contributed by atoms with Crippen LogP contribution in [0.1, 0.15) is 105 Å². The number of fused-ring (bicyclic) bond motifs is 15. The molecule has 0 saturated carbocycles. The molecule has 0 bridgehead atoms. The highest BCUT2D eigenvalue weighted by Crippen LogP contribution is 2.51. The van der Waals surface area contributed by atoms with Crippen LogP contribution in [-0.2, 0) is 21.7 Å². The van der Waals surface area contributed by atoms with Crippen molar-refractivity contribution >= 4 is 144 Å². The Kier molecular flexibility index (Phi) is 11.7. The van der Waals surface area contributed by atoms with Crippen molar-refractivity contribution in [3.8, 4) is 16.8 Å². The van der Waals surface area contributed by atoms with Crippen molar-refractivity contribution in [1.82, 2.24) is 4.57 Å². The van der Waals surface area contributed by atoms with Gasteiger partial charge in [0, 0.05) is 61.4 Å². The van der Waals surface area contributed by atoms with Crippen LogP contribution in [0.15, 0.2) is 235 Å². The number of benzene rings is 13. The maximum atomic E-state index is 6.93. The van der Waals surface area contributed by atoms with Crippen LogP contribution in [0.3, 0.4) is 0 Å². The van der Waals surface area contributed by atoms with Gasteiger partial charge >= 0.3 is 0 Å². The van der Waals surface area contributed by atoms with Crippen molar-refractivity contribution < 1.29 is 4.42 Å². The molecule has 0 spiro atoms. The molecule has 0 unspecified atom stereocenters.